The lowest BCUT2D eigenvalue weighted by Gasteiger charge is -2.29. The van der Waals surface area contributed by atoms with Crippen LogP contribution < -0.4 is 10.6 Å². The molecule has 108 valence electrons. The summed E-state index contributed by atoms with van der Waals surface area (Å²) in [6.07, 6.45) is 0.836. The van der Waals surface area contributed by atoms with Gasteiger partial charge < -0.3 is 15.8 Å². The summed E-state index contributed by atoms with van der Waals surface area (Å²) < 4.78 is 0. The van der Waals surface area contributed by atoms with Gasteiger partial charge in [0.05, 0.1) is 0 Å². The smallest absolute Gasteiger partial charge is 0.238 e. The molecule has 3 N–H and O–H groups in total. The van der Waals surface area contributed by atoms with Crippen LogP contribution in [0.2, 0.25) is 0 Å². The van der Waals surface area contributed by atoms with Gasteiger partial charge in [-0.3, -0.25) is 4.79 Å². The van der Waals surface area contributed by atoms with Crippen LogP contribution >= 0.6 is 0 Å². The Morgan fingerprint density at radius 2 is 2.10 bits per heavy atom. The minimum absolute atomic E-state index is 0.0263. The van der Waals surface area contributed by atoms with Gasteiger partial charge in [0.2, 0.25) is 5.91 Å². The Kier molecular flexibility index (Phi) is 3.97. The van der Waals surface area contributed by atoms with Gasteiger partial charge in [-0.15, -0.1) is 0 Å². The zero-order valence-electron chi connectivity index (χ0n) is 12.1. The second kappa shape index (κ2) is 5.53. The Bertz CT molecular complexity index is 540. The highest BCUT2D eigenvalue weighted by atomic mass is 16.4. The van der Waals surface area contributed by atoms with E-state index < -0.39 is 5.92 Å². The topological polar surface area (TPSA) is 78.9 Å². The number of nitrogens with zero attached hydrogens (tertiary/aromatic N) is 2. The molecule has 20 heavy (non-hydrogen) atoms. The number of benzene rings is 1. The number of hydrogen-bond donors (Lipinski definition) is 2. The first-order valence-corrected chi connectivity index (χ1v) is 6.85. The van der Waals surface area contributed by atoms with E-state index in [1.807, 2.05) is 45.0 Å². The van der Waals surface area contributed by atoms with E-state index in [4.69, 9.17) is 10.9 Å². The molecule has 1 aromatic rings. The number of nitrogens with two attached hydrogens (primary N) is 1. The standard InChI is InChI=1S/C15H21N3O2/c1-9(2)13(14(16)17-20)15(19)18-10(3)8-11-6-4-5-7-12(11)18/h4-7,9-10,13,20H,8H2,1-3H3,(H2,16,17). The first-order valence-electron chi connectivity index (χ1n) is 6.85. The maximum Gasteiger partial charge on any atom is 0.238 e. The van der Waals surface area contributed by atoms with Crippen molar-refractivity contribution in [2.24, 2.45) is 22.7 Å². The third-order valence-corrected chi connectivity index (χ3v) is 3.81. The van der Waals surface area contributed by atoms with Gasteiger partial charge in [-0.05, 0) is 30.9 Å². The van der Waals surface area contributed by atoms with Gasteiger partial charge in [0.1, 0.15) is 5.92 Å². The SMILES string of the molecule is CC(C)C(C(=O)N1c2ccccc2CC1C)C(N)=NO. The molecule has 1 amide bonds. The Labute approximate surface area is 119 Å². The van der Waals surface area contributed by atoms with Crippen LogP contribution in [0.3, 0.4) is 0 Å². The number of carbonyl (C=O) groups is 1. The lowest BCUT2D eigenvalue weighted by molar-refractivity contribution is -0.121. The molecule has 1 aliphatic rings. The molecule has 2 unspecified atom stereocenters. The predicted octanol–water partition coefficient (Wildman–Crippen LogP) is 1.98. The molecule has 5 nitrogen and oxygen atoms in total. The molecule has 5 heteroatoms. The molecule has 0 aromatic heterocycles. The van der Waals surface area contributed by atoms with Crippen molar-refractivity contribution in [3.63, 3.8) is 0 Å². The molecule has 2 atom stereocenters. The van der Waals surface area contributed by atoms with Crippen molar-refractivity contribution in [2.75, 3.05) is 4.90 Å². The highest BCUT2D eigenvalue weighted by Crippen LogP contribution is 2.33. The summed E-state index contributed by atoms with van der Waals surface area (Å²) in [5, 5.41) is 11.9. The molecule has 0 saturated carbocycles. The van der Waals surface area contributed by atoms with E-state index in [9.17, 15) is 4.79 Å². The number of carbonyl (C=O) groups excluding carboxylic acids is 1. The molecule has 0 aliphatic carbocycles. The van der Waals surface area contributed by atoms with Crippen molar-refractivity contribution < 1.29 is 10.0 Å². The van der Waals surface area contributed by atoms with Crippen LogP contribution in [0.15, 0.2) is 29.4 Å². The fourth-order valence-corrected chi connectivity index (χ4v) is 2.87. The van der Waals surface area contributed by atoms with E-state index in [0.717, 1.165) is 17.7 Å². The Hall–Kier alpha value is -2.04. The molecule has 0 saturated heterocycles. The van der Waals surface area contributed by atoms with E-state index in [2.05, 4.69) is 5.16 Å². The van der Waals surface area contributed by atoms with E-state index in [1.54, 1.807) is 4.90 Å². The molecule has 1 heterocycles. The van der Waals surface area contributed by atoms with Crippen LogP contribution in [-0.2, 0) is 11.2 Å². The second-order valence-electron chi connectivity index (χ2n) is 5.64. The maximum absolute atomic E-state index is 12.8. The molecule has 0 radical (unpaired) electrons. The Morgan fingerprint density at radius 3 is 2.70 bits per heavy atom. The average Bonchev–Trinajstić information content (AvgIpc) is 2.73. The van der Waals surface area contributed by atoms with Crippen LogP contribution in [0.25, 0.3) is 0 Å². The third kappa shape index (κ3) is 2.35. The van der Waals surface area contributed by atoms with E-state index in [0.29, 0.717) is 0 Å². The molecule has 0 bridgehead atoms. The average molecular weight is 275 g/mol. The molecule has 0 spiro atoms. The van der Waals surface area contributed by atoms with Gasteiger partial charge in [-0.2, -0.15) is 0 Å². The minimum atomic E-state index is -0.603. The highest BCUT2D eigenvalue weighted by Gasteiger charge is 2.37. The van der Waals surface area contributed by atoms with Gasteiger partial charge in [0, 0.05) is 11.7 Å². The molecule has 1 aliphatic heterocycles. The van der Waals surface area contributed by atoms with Gasteiger partial charge >= 0.3 is 0 Å². The van der Waals surface area contributed by atoms with Crippen molar-refractivity contribution in [1.29, 1.82) is 0 Å². The number of oxime groups is 1. The third-order valence-electron chi connectivity index (χ3n) is 3.81. The summed E-state index contributed by atoms with van der Waals surface area (Å²) in [5.41, 5.74) is 7.80. The normalized spacial score (nSPS) is 20.1. The van der Waals surface area contributed by atoms with Crippen LogP contribution in [0, 0.1) is 11.8 Å². The lowest BCUT2D eigenvalue weighted by atomic mass is 9.93. The van der Waals surface area contributed by atoms with Crippen LogP contribution in [0.4, 0.5) is 5.69 Å². The van der Waals surface area contributed by atoms with Crippen molar-refractivity contribution in [3.05, 3.63) is 29.8 Å². The van der Waals surface area contributed by atoms with Crippen molar-refractivity contribution in [2.45, 2.75) is 33.2 Å². The van der Waals surface area contributed by atoms with Crippen molar-refractivity contribution in [3.8, 4) is 0 Å². The molecule has 0 fully saturated rings. The van der Waals surface area contributed by atoms with Gasteiger partial charge in [-0.1, -0.05) is 37.2 Å². The number of anilines is 1. The number of amidine groups is 1. The zero-order chi connectivity index (χ0) is 14.9. The largest absolute Gasteiger partial charge is 0.409 e. The van der Waals surface area contributed by atoms with Crippen molar-refractivity contribution in [1.82, 2.24) is 0 Å². The van der Waals surface area contributed by atoms with Crippen molar-refractivity contribution >= 4 is 17.4 Å². The molecular formula is C15H21N3O2. The van der Waals surface area contributed by atoms with E-state index in [1.165, 1.54) is 0 Å². The zero-order valence-corrected chi connectivity index (χ0v) is 12.1. The monoisotopic (exact) mass is 275 g/mol. The quantitative estimate of drug-likeness (QED) is 0.383. The molecule has 1 aromatic carbocycles. The van der Waals surface area contributed by atoms with Crippen LogP contribution in [-0.4, -0.2) is 23.0 Å². The number of para-hydroxylation sites is 1. The van der Waals surface area contributed by atoms with Gasteiger partial charge in [0.25, 0.3) is 0 Å². The summed E-state index contributed by atoms with van der Waals surface area (Å²) in [6.45, 7) is 5.81. The van der Waals surface area contributed by atoms with Gasteiger partial charge in [-0.25, -0.2) is 0 Å². The predicted molar refractivity (Wildman–Crippen MR) is 78.8 cm³/mol. The number of hydrogen-bond acceptors (Lipinski definition) is 3. The summed E-state index contributed by atoms with van der Waals surface area (Å²) >= 11 is 0. The first-order chi connectivity index (χ1) is 9.47. The first kappa shape index (κ1) is 14.4. The summed E-state index contributed by atoms with van der Waals surface area (Å²) in [4.78, 5) is 14.6. The number of rotatable bonds is 3. The summed E-state index contributed by atoms with van der Waals surface area (Å²) in [6, 6.07) is 7.97. The highest BCUT2D eigenvalue weighted by molar-refractivity contribution is 6.10. The summed E-state index contributed by atoms with van der Waals surface area (Å²) in [5.74, 6) is -0.763. The maximum atomic E-state index is 12.8. The Morgan fingerprint density at radius 1 is 1.45 bits per heavy atom. The van der Waals surface area contributed by atoms with E-state index >= 15 is 0 Å². The number of fused-ring (bicyclic) bond motifs is 1. The van der Waals surface area contributed by atoms with Crippen LogP contribution in [0.5, 0.6) is 0 Å². The molecule has 2 rings (SSSR count). The number of amides is 1. The van der Waals surface area contributed by atoms with Crippen LogP contribution in [0.1, 0.15) is 26.3 Å². The fourth-order valence-electron chi connectivity index (χ4n) is 2.87. The summed E-state index contributed by atoms with van der Waals surface area (Å²) in [7, 11) is 0. The fraction of sp³-hybridized carbons (Fsp3) is 0.467. The Balaban J connectivity index is 2.37. The lowest BCUT2D eigenvalue weighted by Crippen LogP contribution is -2.46. The second-order valence-corrected chi connectivity index (χ2v) is 5.64. The van der Waals surface area contributed by atoms with E-state index in [-0.39, 0.29) is 23.7 Å². The van der Waals surface area contributed by atoms with Gasteiger partial charge in [0.15, 0.2) is 5.84 Å². The molecular weight excluding hydrogens is 254 g/mol. The minimum Gasteiger partial charge on any atom is -0.409 e.